The van der Waals surface area contributed by atoms with E-state index in [0.717, 1.165) is 5.69 Å². The van der Waals surface area contributed by atoms with E-state index in [9.17, 15) is 0 Å². The van der Waals surface area contributed by atoms with E-state index in [0.29, 0.717) is 5.92 Å². The summed E-state index contributed by atoms with van der Waals surface area (Å²) in [6.45, 7) is 4.44. The number of hydrogen-bond acceptors (Lipinski definition) is 3. The maximum absolute atomic E-state index is 4.67. The Morgan fingerprint density at radius 2 is 2.06 bits per heavy atom. The first-order valence-corrected chi connectivity index (χ1v) is 6.86. The lowest BCUT2D eigenvalue weighted by Crippen LogP contribution is -2.15. The summed E-state index contributed by atoms with van der Waals surface area (Å²) in [7, 11) is 0. The first-order valence-electron chi connectivity index (χ1n) is 6.09. The van der Waals surface area contributed by atoms with E-state index >= 15 is 0 Å². The quantitative estimate of drug-likeness (QED) is 0.715. The summed E-state index contributed by atoms with van der Waals surface area (Å²) in [4.78, 5) is 4.15. The highest BCUT2D eigenvalue weighted by atomic mass is 32.1. The van der Waals surface area contributed by atoms with Crippen LogP contribution < -0.4 is 0 Å². The minimum Gasteiger partial charge on any atom is -0.328 e. The second kappa shape index (κ2) is 4.53. The molecule has 1 unspecified atom stereocenters. The second-order valence-electron chi connectivity index (χ2n) is 4.76. The van der Waals surface area contributed by atoms with Crippen molar-refractivity contribution in [3.05, 3.63) is 48.7 Å². The Bertz CT molecular complexity index is 640. The van der Waals surface area contributed by atoms with Crippen LogP contribution in [0.1, 0.15) is 25.6 Å². The number of benzene rings is 1. The molecule has 0 aliphatic heterocycles. The molecule has 1 atom stereocenters. The third kappa shape index (κ3) is 1.82. The topological polar surface area (TPSA) is 30.7 Å². The molecule has 0 N–H and O–H groups in total. The normalized spacial score (nSPS) is 13.3. The zero-order valence-corrected chi connectivity index (χ0v) is 11.3. The summed E-state index contributed by atoms with van der Waals surface area (Å²) in [5.74, 6) is 0.477. The minimum atomic E-state index is 0.253. The lowest BCUT2D eigenvalue weighted by atomic mass is 9.98. The predicted molar refractivity (Wildman–Crippen MR) is 74.8 cm³/mol. The fourth-order valence-corrected chi connectivity index (χ4v) is 3.17. The van der Waals surface area contributed by atoms with Gasteiger partial charge in [0, 0.05) is 17.8 Å². The smallest absolute Gasteiger partial charge is 0.0952 e. The van der Waals surface area contributed by atoms with Crippen LogP contribution in [-0.4, -0.2) is 13.9 Å². The third-order valence-electron chi connectivity index (χ3n) is 3.16. The summed E-state index contributed by atoms with van der Waals surface area (Å²) in [5.41, 5.74) is 1.16. The lowest BCUT2D eigenvalue weighted by molar-refractivity contribution is 0.432. The lowest BCUT2D eigenvalue weighted by Gasteiger charge is -2.20. The molecule has 3 aromatic rings. The summed E-state index contributed by atoms with van der Waals surface area (Å²) in [6.07, 6.45) is 5.71. The molecule has 0 spiro atoms. The Balaban J connectivity index is 2.16. The number of nitrogens with zero attached hydrogens (tertiary/aromatic N) is 3. The summed E-state index contributed by atoms with van der Waals surface area (Å²) < 4.78 is 8.06. The van der Waals surface area contributed by atoms with E-state index in [1.807, 2.05) is 18.7 Å². The molecular formula is C14H15N3S. The van der Waals surface area contributed by atoms with Crippen molar-refractivity contribution in [2.75, 3.05) is 0 Å². The van der Waals surface area contributed by atoms with Crippen molar-refractivity contribution < 1.29 is 0 Å². The van der Waals surface area contributed by atoms with Gasteiger partial charge in [0.2, 0.25) is 0 Å². The minimum absolute atomic E-state index is 0.253. The standard InChI is InChI=1S/C14H15N3S/c1-10(2)14(17-8-7-15-9-17)13-11-5-3-4-6-12(11)18-16-13/h3-10,14H,1-2H3. The van der Waals surface area contributed by atoms with Crippen molar-refractivity contribution in [3.8, 4) is 0 Å². The van der Waals surface area contributed by atoms with Crippen molar-refractivity contribution in [1.82, 2.24) is 13.9 Å². The van der Waals surface area contributed by atoms with Crippen LogP contribution in [0, 0.1) is 5.92 Å². The molecule has 0 fully saturated rings. The van der Waals surface area contributed by atoms with Gasteiger partial charge in [-0.15, -0.1) is 0 Å². The molecule has 2 aromatic heterocycles. The van der Waals surface area contributed by atoms with Gasteiger partial charge in [0.1, 0.15) is 0 Å². The highest BCUT2D eigenvalue weighted by Crippen LogP contribution is 2.33. The van der Waals surface area contributed by atoms with Crippen LogP contribution >= 0.6 is 11.5 Å². The maximum Gasteiger partial charge on any atom is 0.0952 e. The van der Waals surface area contributed by atoms with E-state index in [1.54, 1.807) is 11.5 Å². The molecule has 18 heavy (non-hydrogen) atoms. The summed E-state index contributed by atoms with van der Waals surface area (Å²) in [5, 5.41) is 1.26. The van der Waals surface area contributed by atoms with E-state index in [-0.39, 0.29) is 6.04 Å². The molecule has 0 radical (unpaired) electrons. The Morgan fingerprint density at radius 3 is 2.78 bits per heavy atom. The number of hydrogen-bond donors (Lipinski definition) is 0. The van der Waals surface area contributed by atoms with Crippen molar-refractivity contribution in [3.63, 3.8) is 0 Å². The Hall–Kier alpha value is -1.68. The first kappa shape index (κ1) is 11.4. The van der Waals surface area contributed by atoms with Crippen LogP contribution in [0.15, 0.2) is 43.0 Å². The monoisotopic (exact) mass is 257 g/mol. The fraction of sp³-hybridized carbons (Fsp3) is 0.286. The number of imidazole rings is 1. The molecule has 4 heteroatoms. The molecule has 92 valence electrons. The summed E-state index contributed by atoms with van der Waals surface area (Å²) >= 11 is 1.57. The predicted octanol–water partition coefficient (Wildman–Crippen LogP) is 3.74. The van der Waals surface area contributed by atoms with Crippen molar-refractivity contribution in [1.29, 1.82) is 0 Å². The molecular weight excluding hydrogens is 242 g/mol. The van der Waals surface area contributed by atoms with E-state index < -0.39 is 0 Å². The third-order valence-corrected chi connectivity index (χ3v) is 4.00. The molecule has 3 nitrogen and oxygen atoms in total. The van der Waals surface area contributed by atoms with Gasteiger partial charge in [0.15, 0.2) is 0 Å². The maximum atomic E-state index is 4.67. The van der Waals surface area contributed by atoms with E-state index in [4.69, 9.17) is 0 Å². The molecule has 0 aliphatic rings. The SMILES string of the molecule is CC(C)C(c1nsc2ccccc12)n1ccnc1. The van der Waals surface area contributed by atoms with Gasteiger partial charge in [-0.1, -0.05) is 32.0 Å². The zero-order chi connectivity index (χ0) is 12.5. The Morgan fingerprint density at radius 1 is 1.22 bits per heavy atom. The van der Waals surface area contributed by atoms with Gasteiger partial charge in [-0.05, 0) is 23.5 Å². The molecule has 1 aromatic carbocycles. The van der Waals surface area contributed by atoms with Crippen LogP contribution in [0.5, 0.6) is 0 Å². The van der Waals surface area contributed by atoms with Crippen LogP contribution in [0.4, 0.5) is 0 Å². The average molecular weight is 257 g/mol. The van der Waals surface area contributed by atoms with Crippen molar-refractivity contribution >= 4 is 21.6 Å². The average Bonchev–Trinajstić information content (AvgIpc) is 3.00. The van der Waals surface area contributed by atoms with Gasteiger partial charge in [-0.2, -0.15) is 4.37 Å². The van der Waals surface area contributed by atoms with Gasteiger partial charge < -0.3 is 4.57 Å². The molecule has 0 saturated carbocycles. The van der Waals surface area contributed by atoms with Gasteiger partial charge in [-0.25, -0.2) is 4.98 Å². The molecule has 0 saturated heterocycles. The van der Waals surface area contributed by atoms with Crippen molar-refractivity contribution in [2.45, 2.75) is 19.9 Å². The first-order chi connectivity index (χ1) is 8.77. The highest BCUT2D eigenvalue weighted by molar-refractivity contribution is 7.13. The van der Waals surface area contributed by atoms with Crippen LogP contribution in [0.25, 0.3) is 10.1 Å². The molecule has 3 rings (SSSR count). The Labute approximate surface area is 110 Å². The van der Waals surface area contributed by atoms with Crippen LogP contribution in [0.2, 0.25) is 0 Å². The van der Waals surface area contributed by atoms with Gasteiger partial charge in [-0.3, -0.25) is 0 Å². The zero-order valence-electron chi connectivity index (χ0n) is 10.4. The number of aromatic nitrogens is 3. The second-order valence-corrected chi connectivity index (χ2v) is 5.57. The van der Waals surface area contributed by atoms with Gasteiger partial charge >= 0.3 is 0 Å². The fourth-order valence-electron chi connectivity index (χ4n) is 2.35. The van der Waals surface area contributed by atoms with Crippen LogP contribution in [0.3, 0.4) is 0 Å². The summed E-state index contributed by atoms with van der Waals surface area (Å²) in [6, 6.07) is 8.67. The van der Waals surface area contributed by atoms with E-state index in [2.05, 4.69) is 52.0 Å². The Kier molecular flexibility index (Phi) is 2.88. The van der Waals surface area contributed by atoms with E-state index in [1.165, 1.54) is 10.1 Å². The molecule has 0 aliphatic carbocycles. The number of fused-ring (bicyclic) bond motifs is 1. The van der Waals surface area contributed by atoms with Crippen LogP contribution in [-0.2, 0) is 0 Å². The van der Waals surface area contributed by atoms with Gasteiger partial charge in [0.25, 0.3) is 0 Å². The molecule has 0 bridgehead atoms. The largest absolute Gasteiger partial charge is 0.328 e. The van der Waals surface area contributed by atoms with Gasteiger partial charge in [0.05, 0.1) is 22.8 Å². The van der Waals surface area contributed by atoms with Crippen molar-refractivity contribution in [2.24, 2.45) is 5.92 Å². The number of rotatable bonds is 3. The molecule has 2 heterocycles. The highest BCUT2D eigenvalue weighted by Gasteiger charge is 2.22. The molecule has 0 amide bonds.